The van der Waals surface area contributed by atoms with Crippen molar-refractivity contribution in [3.8, 4) is 0 Å². The fraction of sp³-hybridized carbons (Fsp3) is 0.902. The van der Waals surface area contributed by atoms with E-state index in [1.54, 1.807) is 21.1 Å². The number of aliphatic hydroxyl groups excluding tert-OH is 2. The maximum absolute atomic E-state index is 12.2. The maximum atomic E-state index is 12.2. The molecule has 0 aromatic heterocycles. The minimum Gasteiger partial charge on any atom is -0.480 e. The summed E-state index contributed by atoms with van der Waals surface area (Å²) in [7, 11) is 1.74. The summed E-state index contributed by atoms with van der Waals surface area (Å²) >= 11 is 3.32. The smallest absolute Gasteiger partial charge is 0.323 e. The summed E-state index contributed by atoms with van der Waals surface area (Å²) in [4.78, 5) is 66.4. The number of alkyl halides is 1. The molecule has 0 bridgehead atoms. The van der Waals surface area contributed by atoms with E-state index in [2.05, 4.69) is 139 Å². The number of likely N-dealkylation sites (N-methyl/N-ethyl adjacent to an activating group) is 4. The Morgan fingerprint density at radius 2 is 0.682 bits per heavy atom. The van der Waals surface area contributed by atoms with Crippen molar-refractivity contribution in [2.24, 2.45) is 11.5 Å². The predicted molar refractivity (Wildman–Crippen MR) is 360 cm³/mol. The third kappa shape index (κ3) is 39.8. The highest BCUT2D eigenvalue weighted by Crippen LogP contribution is 2.38. The molecule has 0 aromatic rings. The zero-order valence-electron chi connectivity index (χ0n) is 57.8. The number of esters is 3. The second-order valence-electron chi connectivity index (χ2n) is 27.3. The number of rotatable bonds is 31. The molecule has 0 heterocycles. The Kier molecular flexibility index (Phi) is 47.5. The Balaban J connectivity index is -0.00000100. The van der Waals surface area contributed by atoms with E-state index in [0.29, 0.717) is 45.5 Å². The molecule has 3 saturated carbocycles. The van der Waals surface area contributed by atoms with E-state index in [-0.39, 0.29) is 89.1 Å². The normalized spacial score (nSPS) is 17.2. The second kappa shape index (κ2) is 46.6. The summed E-state index contributed by atoms with van der Waals surface area (Å²) in [6.45, 7) is 34.1. The number of carbonyl (C=O) groups excluding carboxylic acids is 3. The van der Waals surface area contributed by atoms with Gasteiger partial charge in [0.05, 0.1) is 0 Å². The number of halogens is 1. The van der Waals surface area contributed by atoms with Gasteiger partial charge in [0.25, 0.3) is 0 Å². The Bertz CT molecular complexity index is 1870. The molecule has 13 N–H and O–H groups in total. The third-order valence-electron chi connectivity index (χ3n) is 17.2. The molecule has 0 aliphatic heterocycles. The van der Waals surface area contributed by atoms with Gasteiger partial charge in [-0.1, -0.05) is 78.2 Å². The summed E-state index contributed by atoms with van der Waals surface area (Å²) in [5.74, 6) is -3.30. The Morgan fingerprint density at radius 3 is 0.909 bits per heavy atom. The van der Waals surface area contributed by atoms with E-state index < -0.39 is 61.0 Å². The van der Waals surface area contributed by atoms with Crippen LogP contribution < -0.4 is 32.7 Å². The van der Waals surface area contributed by atoms with Crippen LogP contribution in [0.25, 0.3) is 0 Å². The monoisotopic (exact) mass is 1380 g/mol. The Labute approximate surface area is 542 Å². The Hall–Kier alpha value is -2.49. The lowest BCUT2D eigenvalue weighted by molar-refractivity contribution is -0.152. The average molecular weight is 1380 g/mol. The number of hydrogen-bond donors (Lipinski definition) is 11. The molecule has 522 valence electrons. The van der Waals surface area contributed by atoms with E-state index in [1.165, 1.54) is 25.7 Å². The first-order chi connectivity index (χ1) is 40.6. The van der Waals surface area contributed by atoms with Crippen LogP contribution in [0.3, 0.4) is 0 Å². The quantitative estimate of drug-likeness (QED) is 0.0134. The number of nitrogens with two attached hydrogens (primary N) is 2. The van der Waals surface area contributed by atoms with Crippen LogP contribution in [0, 0.1) is 0 Å². The van der Waals surface area contributed by atoms with Gasteiger partial charge in [0.2, 0.25) is 0 Å². The minimum atomic E-state index is -1.75. The van der Waals surface area contributed by atoms with Gasteiger partial charge in [0.15, 0.2) is 25.0 Å². The highest BCUT2D eigenvalue weighted by atomic mass is 79.9. The molecule has 0 saturated heterocycles. The molecular weight excluding hydrogens is 1250 g/mol. The van der Waals surface area contributed by atoms with Gasteiger partial charge in [0.1, 0.15) is 54.6 Å². The zero-order chi connectivity index (χ0) is 68.7. The van der Waals surface area contributed by atoms with Crippen LogP contribution in [0.1, 0.15) is 178 Å². The van der Waals surface area contributed by atoms with E-state index in [1.807, 2.05) is 7.05 Å². The minimum absolute atomic E-state index is 0.00523. The van der Waals surface area contributed by atoms with Gasteiger partial charge in [-0.2, -0.15) is 0 Å². The second-order valence-corrected chi connectivity index (χ2v) is 42.5. The molecule has 88 heavy (non-hydrogen) atoms. The number of carboxylic acid groups (broad SMARTS) is 3. The van der Waals surface area contributed by atoms with Gasteiger partial charge < -0.3 is 85.8 Å². The number of carboxylic acids is 3. The van der Waals surface area contributed by atoms with Crippen LogP contribution in [0.5, 0.6) is 0 Å². The van der Waals surface area contributed by atoms with Crippen molar-refractivity contribution in [1.82, 2.24) is 21.3 Å². The van der Waals surface area contributed by atoms with Gasteiger partial charge in [-0.3, -0.25) is 28.8 Å². The highest BCUT2D eigenvalue weighted by Gasteiger charge is 2.39. The average Bonchev–Trinajstić information content (AvgIpc) is 3.46. The number of aliphatic hydroxyl groups is 2. The third-order valence-corrected chi connectivity index (χ3v) is 31.3. The summed E-state index contributed by atoms with van der Waals surface area (Å²) in [6.07, 6.45) is 16.4. The fourth-order valence-electron chi connectivity index (χ4n) is 7.87. The van der Waals surface area contributed by atoms with E-state index in [9.17, 15) is 28.8 Å². The lowest BCUT2D eigenvalue weighted by atomic mass is 10.2. The number of nitrogens with one attached hydrogen (secondary N) is 4. The number of carbonyl (C=O) groups is 6. The van der Waals surface area contributed by atoms with Crippen LogP contribution in [0.15, 0.2) is 0 Å². The van der Waals surface area contributed by atoms with Crippen LogP contribution >= 0.6 is 15.9 Å². The van der Waals surface area contributed by atoms with Crippen molar-refractivity contribution < 1.29 is 81.8 Å². The summed E-state index contributed by atoms with van der Waals surface area (Å²) in [6, 6.07) is -3.01. The molecule has 3 aliphatic carbocycles. The molecule has 3 fully saturated rings. The SMILES string of the molecule is CC(C)(C)[Si](C)(C)OCC[C@H](N)C(=O)O.CN[C@@H](CCBr)C(=O)OC1CCCC1.CN[C@@H](CCO)C(=O)OC1CCCC1.CN[C@@H](CCO[Si](C)(C)C(C)(C)C)C(=O)O.CN[C@@H](CCO[Si](C)(C)C(C)(C)C)C(=O)OC1CCCC1.N[C@@H](CCO)C(=O)O. The summed E-state index contributed by atoms with van der Waals surface area (Å²) < 4.78 is 34.1. The molecule has 0 radical (unpaired) electrons. The highest BCUT2D eigenvalue weighted by molar-refractivity contribution is 9.09. The standard InChI is InChI=1S/C16H33NO3Si.C11H25NO3Si.C10H18BrNO2.C10H23NO3Si.C10H19NO3.C4H9NO3/c1-16(2,3)21(5,6)19-12-11-14(17-4)15(18)20-13-9-7-8-10-13;1-11(2,3)16(5,6)15-8-7-9(12-4)10(13)14;1-12-9(6-7-11)10(13)14-8-4-2-3-5-8;1-10(2,3)15(4,5)14-7-6-8(11)9(12)13;1-11-9(6-7-12)10(13)14-8-4-2-3-5-8;5-3(1-2-6)4(7)8/h13-14,17H,7-12H2,1-6H3;9,12H,7-8H2,1-6H3,(H,13,14);8-9,12H,2-7H2,1H3;8H,6-7,11H2,1-5H3,(H,12,13);8-9,11-12H,2-7H2,1H3;3,6H,1-2,5H2,(H,7,8)/t14-;2*9-;8-;9-;3-/m000000/s1. The van der Waals surface area contributed by atoms with E-state index >= 15 is 0 Å². The number of hydrogen-bond acceptors (Lipinski definition) is 20. The summed E-state index contributed by atoms with van der Waals surface area (Å²) in [5.41, 5.74) is 10.4. The van der Waals surface area contributed by atoms with Crippen molar-refractivity contribution in [3.63, 3.8) is 0 Å². The van der Waals surface area contributed by atoms with E-state index in [0.717, 1.165) is 63.1 Å². The molecule has 23 nitrogen and oxygen atoms in total. The molecule has 0 amide bonds. The molecule has 27 heteroatoms. The van der Waals surface area contributed by atoms with E-state index in [4.69, 9.17) is 64.5 Å². The van der Waals surface area contributed by atoms with Crippen molar-refractivity contribution >= 4 is 76.7 Å². The van der Waals surface area contributed by atoms with Crippen molar-refractivity contribution in [2.75, 3.05) is 66.6 Å². The predicted octanol–water partition coefficient (Wildman–Crippen LogP) is 8.42. The summed E-state index contributed by atoms with van der Waals surface area (Å²) in [5, 5.41) is 55.4. The van der Waals surface area contributed by atoms with Crippen LogP contribution in [-0.2, 0) is 56.3 Å². The molecule has 0 unspecified atom stereocenters. The molecular formula is C61H127BrN6O17Si3. The van der Waals surface area contributed by atoms with Crippen molar-refractivity contribution in [2.45, 2.75) is 287 Å². The molecule has 3 rings (SSSR count). The van der Waals surface area contributed by atoms with Crippen LogP contribution in [-0.4, -0.2) is 207 Å². The fourth-order valence-corrected chi connectivity index (χ4v) is 11.5. The number of aliphatic carboxylic acids is 3. The molecule has 3 aliphatic rings. The van der Waals surface area contributed by atoms with Crippen molar-refractivity contribution in [1.29, 1.82) is 0 Å². The van der Waals surface area contributed by atoms with Crippen LogP contribution in [0.2, 0.25) is 54.4 Å². The van der Waals surface area contributed by atoms with Gasteiger partial charge >= 0.3 is 35.8 Å². The molecule has 6 atom stereocenters. The lowest BCUT2D eigenvalue weighted by Gasteiger charge is -2.36. The largest absolute Gasteiger partial charge is 0.480 e. The van der Waals surface area contributed by atoms with Crippen LogP contribution in [0.4, 0.5) is 0 Å². The van der Waals surface area contributed by atoms with Gasteiger partial charge in [-0.15, -0.1) is 0 Å². The topological polar surface area (TPSA) is 359 Å². The first kappa shape index (κ1) is 89.7. The van der Waals surface area contributed by atoms with Gasteiger partial charge in [0, 0.05) is 38.4 Å². The maximum Gasteiger partial charge on any atom is 0.323 e. The first-order valence-electron chi connectivity index (χ1n) is 31.8. The molecule has 0 spiro atoms. The number of ether oxygens (including phenoxy) is 3. The van der Waals surface area contributed by atoms with Crippen molar-refractivity contribution in [3.05, 3.63) is 0 Å². The van der Waals surface area contributed by atoms with Gasteiger partial charge in [-0.25, -0.2) is 0 Å². The zero-order valence-corrected chi connectivity index (χ0v) is 62.4. The lowest BCUT2D eigenvalue weighted by Crippen LogP contribution is -2.43. The molecule has 0 aromatic carbocycles. The Morgan fingerprint density at radius 1 is 0.432 bits per heavy atom. The first-order valence-corrected chi connectivity index (χ1v) is 41.6. The van der Waals surface area contributed by atoms with Gasteiger partial charge in [-0.05, 0) is 198 Å².